The Morgan fingerprint density at radius 1 is 1.10 bits per heavy atom. The van der Waals surface area contributed by atoms with E-state index in [-0.39, 0.29) is 0 Å². The molecule has 2 fully saturated rings. The predicted octanol–water partition coefficient (Wildman–Crippen LogP) is 0.252. The van der Waals surface area contributed by atoms with Crippen LogP contribution in [-0.4, -0.2) is 49.6 Å². The largest absolute Gasteiger partial charge is 0.304 e. The van der Waals surface area contributed by atoms with Crippen LogP contribution in [0.25, 0.3) is 0 Å². The van der Waals surface area contributed by atoms with Gasteiger partial charge in [0.05, 0.1) is 0 Å². The Morgan fingerprint density at radius 2 is 1.90 bits per heavy atom. The topological polar surface area (TPSA) is 6.48 Å². The summed E-state index contributed by atoms with van der Waals surface area (Å²) in [4.78, 5) is 4.97. The Hall–Kier alpha value is -0.0800. The quantitative estimate of drug-likeness (QED) is 0.476. The van der Waals surface area contributed by atoms with Gasteiger partial charge < -0.3 is 9.80 Å². The molecular formula is C8H16N2. The number of piperidine rings is 1. The van der Waals surface area contributed by atoms with E-state index in [1.54, 1.807) is 0 Å². The highest BCUT2D eigenvalue weighted by atomic mass is 15.2. The van der Waals surface area contributed by atoms with Crippen molar-refractivity contribution >= 4 is 0 Å². The van der Waals surface area contributed by atoms with Crippen molar-refractivity contribution in [1.29, 1.82) is 0 Å². The smallest absolute Gasteiger partial charge is 0.0223 e. The van der Waals surface area contributed by atoms with Gasteiger partial charge in [-0.2, -0.15) is 0 Å². The van der Waals surface area contributed by atoms with E-state index in [2.05, 4.69) is 23.9 Å². The molecule has 0 aromatic rings. The van der Waals surface area contributed by atoms with Crippen LogP contribution in [0.15, 0.2) is 0 Å². The fourth-order valence-corrected chi connectivity index (χ4v) is 2.42. The molecule has 0 N–H and O–H groups in total. The first-order valence-electron chi connectivity index (χ1n) is 4.14. The van der Waals surface area contributed by atoms with Gasteiger partial charge in [0.15, 0.2) is 0 Å². The van der Waals surface area contributed by atoms with Crippen LogP contribution in [0.2, 0.25) is 0 Å². The number of likely N-dealkylation sites (tertiary alicyclic amines) is 2. The Kier molecular flexibility index (Phi) is 1.46. The maximum absolute atomic E-state index is 2.51. The maximum atomic E-state index is 2.51. The Bertz CT molecular complexity index is 130. The van der Waals surface area contributed by atoms with E-state index < -0.39 is 0 Å². The van der Waals surface area contributed by atoms with Crippen molar-refractivity contribution < 1.29 is 0 Å². The molecule has 2 unspecified atom stereocenters. The summed E-state index contributed by atoms with van der Waals surface area (Å²) in [6.45, 7) is 3.93. The fourth-order valence-electron chi connectivity index (χ4n) is 2.42. The monoisotopic (exact) mass is 140 g/mol. The first kappa shape index (κ1) is 6.62. The van der Waals surface area contributed by atoms with Gasteiger partial charge in [0.25, 0.3) is 0 Å². The molecule has 0 aromatic carbocycles. The fraction of sp³-hybridized carbons (Fsp3) is 1.00. The summed E-state index contributed by atoms with van der Waals surface area (Å²) in [6.07, 6.45) is 1.45. The highest BCUT2D eigenvalue weighted by Crippen LogP contribution is 2.26. The summed E-state index contributed by atoms with van der Waals surface area (Å²) in [5.74, 6) is 0.966. The molecule has 0 aliphatic carbocycles. The third kappa shape index (κ3) is 0.956. The number of hydrogen-bond donors (Lipinski definition) is 0. The van der Waals surface area contributed by atoms with Gasteiger partial charge in [-0.3, -0.25) is 0 Å². The minimum absolute atomic E-state index is 0.865. The zero-order valence-electron chi connectivity index (χ0n) is 6.88. The summed E-state index contributed by atoms with van der Waals surface area (Å²) in [6, 6.07) is 0.865. The highest BCUT2D eigenvalue weighted by Gasteiger charge is 2.34. The van der Waals surface area contributed by atoms with Gasteiger partial charge in [-0.25, -0.2) is 0 Å². The molecule has 2 rings (SSSR count). The summed E-state index contributed by atoms with van der Waals surface area (Å²) < 4.78 is 0. The molecular weight excluding hydrogens is 124 g/mol. The lowest BCUT2D eigenvalue weighted by Gasteiger charge is -2.28. The van der Waals surface area contributed by atoms with E-state index in [9.17, 15) is 0 Å². The van der Waals surface area contributed by atoms with E-state index in [1.807, 2.05) is 0 Å². The van der Waals surface area contributed by atoms with Crippen molar-refractivity contribution in [2.75, 3.05) is 33.7 Å². The lowest BCUT2D eigenvalue weighted by molar-refractivity contribution is 0.204. The molecule has 2 aliphatic rings. The summed E-state index contributed by atoms with van der Waals surface area (Å²) in [5.41, 5.74) is 0. The van der Waals surface area contributed by atoms with E-state index in [4.69, 9.17) is 0 Å². The molecule has 2 heterocycles. The number of nitrogens with zero attached hydrogens (tertiary/aromatic N) is 2. The standard InChI is InChI=1S/C8H16N2/c1-9-4-7-3-8(6-9)10(2)5-7/h7-8H,3-6H2,1-2H3. The van der Waals surface area contributed by atoms with Gasteiger partial charge in [0, 0.05) is 25.7 Å². The first-order valence-corrected chi connectivity index (χ1v) is 4.14. The minimum atomic E-state index is 0.865. The number of fused-ring (bicyclic) bond motifs is 2. The second kappa shape index (κ2) is 2.21. The molecule has 2 nitrogen and oxygen atoms in total. The zero-order valence-corrected chi connectivity index (χ0v) is 6.88. The zero-order chi connectivity index (χ0) is 7.14. The average Bonchev–Trinajstić information content (AvgIpc) is 2.07. The van der Waals surface area contributed by atoms with Crippen LogP contribution in [-0.2, 0) is 0 Å². The van der Waals surface area contributed by atoms with Crippen LogP contribution in [0.4, 0.5) is 0 Å². The lowest BCUT2D eigenvalue weighted by Crippen LogP contribution is -2.38. The van der Waals surface area contributed by atoms with Crippen LogP contribution in [0.3, 0.4) is 0 Å². The van der Waals surface area contributed by atoms with Gasteiger partial charge in [-0.1, -0.05) is 0 Å². The number of hydrogen-bond acceptors (Lipinski definition) is 2. The Morgan fingerprint density at radius 3 is 2.60 bits per heavy atom. The molecule has 10 heavy (non-hydrogen) atoms. The predicted molar refractivity (Wildman–Crippen MR) is 42.0 cm³/mol. The molecule has 2 aliphatic heterocycles. The van der Waals surface area contributed by atoms with Crippen molar-refractivity contribution in [3.8, 4) is 0 Å². The van der Waals surface area contributed by atoms with E-state index in [1.165, 1.54) is 26.1 Å². The van der Waals surface area contributed by atoms with Crippen molar-refractivity contribution in [1.82, 2.24) is 9.80 Å². The van der Waals surface area contributed by atoms with Crippen LogP contribution in [0, 0.1) is 5.92 Å². The number of likely N-dealkylation sites (N-methyl/N-ethyl adjacent to an activating group) is 2. The van der Waals surface area contributed by atoms with Crippen molar-refractivity contribution in [2.45, 2.75) is 12.5 Å². The third-order valence-electron chi connectivity index (χ3n) is 2.87. The molecule has 2 bridgehead atoms. The van der Waals surface area contributed by atoms with Crippen molar-refractivity contribution in [3.05, 3.63) is 0 Å². The normalized spacial score (nSPS) is 42.6. The van der Waals surface area contributed by atoms with E-state index in [0.717, 1.165) is 12.0 Å². The highest BCUT2D eigenvalue weighted by molar-refractivity contribution is 4.90. The van der Waals surface area contributed by atoms with Crippen LogP contribution >= 0.6 is 0 Å². The average molecular weight is 140 g/mol. The minimum Gasteiger partial charge on any atom is -0.304 e. The molecule has 0 spiro atoms. The van der Waals surface area contributed by atoms with Gasteiger partial charge in [-0.15, -0.1) is 0 Å². The summed E-state index contributed by atoms with van der Waals surface area (Å²) in [7, 11) is 4.49. The molecule has 2 atom stereocenters. The van der Waals surface area contributed by atoms with Gasteiger partial charge in [-0.05, 0) is 26.4 Å². The van der Waals surface area contributed by atoms with Gasteiger partial charge in [0.1, 0.15) is 0 Å². The molecule has 2 heteroatoms. The van der Waals surface area contributed by atoms with Gasteiger partial charge in [0.2, 0.25) is 0 Å². The SMILES string of the molecule is CN1CC2CC(C1)N(C)C2. The van der Waals surface area contributed by atoms with E-state index >= 15 is 0 Å². The second-order valence-corrected chi connectivity index (χ2v) is 3.92. The summed E-state index contributed by atoms with van der Waals surface area (Å²) in [5, 5.41) is 0. The van der Waals surface area contributed by atoms with Crippen molar-refractivity contribution in [3.63, 3.8) is 0 Å². The van der Waals surface area contributed by atoms with Crippen LogP contribution < -0.4 is 0 Å². The van der Waals surface area contributed by atoms with Gasteiger partial charge >= 0.3 is 0 Å². The maximum Gasteiger partial charge on any atom is 0.0223 e. The first-order chi connectivity index (χ1) is 4.75. The Balaban J connectivity index is 2.06. The molecule has 0 saturated carbocycles. The molecule has 0 aromatic heterocycles. The Labute approximate surface area is 62.8 Å². The molecule has 58 valence electrons. The molecule has 2 saturated heterocycles. The van der Waals surface area contributed by atoms with Crippen LogP contribution in [0.1, 0.15) is 6.42 Å². The molecule has 0 amide bonds. The molecule has 0 radical (unpaired) electrons. The lowest BCUT2D eigenvalue weighted by atomic mass is 10.0. The summed E-state index contributed by atoms with van der Waals surface area (Å²) >= 11 is 0. The third-order valence-corrected chi connectivity index (χ3v) is 2.87. The van der Waals surface area contributed by atoms with Crippen molar-refractivity contribution in [2.24, 2.45) is 5.92 Å². The van der Waals surface area contributed by atoms with Crippen LogP contribution in [0.5, 0.6) is 0 Å². The number of rotatable bonds is 0. The van der Waals surface area contributed by atoms with E-state index in [0.29, 0.717) is 0 Å². The second-order valence-electron chi connectivity index (χ2n) is 3.92.